The molecule has 0 amide bonds. The number of sulfonamides is 1. The van der Waals surface area contributed by atoms with Gasteiger partial charge in [0.05, 0.1) is 29.0 Å². The summed E-state index contributed by atoms with van der Waals surface area (Å²) >= 11 is 0. The lowest BCUT2D eigenvalue weighted by atomic mass is 10.2. The van der Waals surface area contributed by atoms with Gasteiger partial charge in [-0.05, 0) is 24.6 Å². The van der Waals surface area contributed by atoms with Crippen LogP contribution in [0.5, 0.6) is 0 Å². The van der Waals surface area contributed by atoms with Crippen LogP contribution in [-0.2, 0) is 10.0 Å². The van der Waals surface area contributed by atoms with E-state index in [0.29, 0.717) is 6.42 Å². The topological polar surface area (TPSA) is 93.8 Å². The quantitative estimate of drug-likeness (QED) is 0.871. The van der Waals surface area contributed by atoms with Crippen molar-refractivity contribution in [2.75, 3.05) is 0 Å². The van der Waals surface area contributed by atoms with Gasteiger partial charge in [0.2, 0.25) is 10.0 Å². The summed E-state index contributed by atoms with van der Waals surface area (Å²) in [6.45, 7) is 1.80. The predicted octanol–water partition coefficient (Wildman–Crippen LogP) is 1.53. The zero-order valence-corrected chi connectivity index (χ0v) is 10.7. The smallest absolute Gasteiger partial charge is 0.207 e. The Labute approximate surface area is 107 Å². The molecule has 1 atom stereocenters. The van der Waals surface area contributed by atoms with Crippen LogP contribution in [-0.4, -0.2) is 14.5 Å². The van der Waals surface area contributed by atoms with Crippen LogP contribution in [0.3, 0.4) is 0 Å². The maximum atomic E-state index is 12.0. The van der Waals surface area contributed by atoms with E-state index in [9.17, 15) is 8.42 Å². The van der Waals surface area contributed by atoms with Crippen molar-refractivity contribution in [3.8, 4) is 12.1 Å². The third-order valence-electron chi connectivity index (χ3n) is 2.43. The highest BCUT2D eigenvalue weighted by Gasteiger charge is 2.19. The Morgan fingerprint density at radius 2 is 2.11 bits per heavy atom. The molecular formula is C12H13N3O2S. The largest absolute Gasteiger partial charge is 0.240 e. The van der Waals surface area contributed by atoms with Gasteiger partial charge in [0.1, 0.15) is 0 Å². The second-order valence-corrected chi connectivity index (χ2v) is 5.44. The van der Waals surface area contributed by atoms with E-state index in [1.165, 1.54) is 24.3 Å². The predicted molar refractivity (Wildman–Crippen MR) is 65.8 cm³/mol. The fraction of sp³-hybridized carbons (Fsp3) is 0.333. The van der Waals surface area contributed by atoms with E-state index >= 15 is 0 Å². The second-order valence-electron chi connectivity index (χ2n) is 3.73. The zero-order valence-electron chi connectivity index (χ0n) is 9.92. The monoisotopic (exact) mass is 263 g/mol. The summed E-state index contributed by atoms with van der Waals surface area (Å²) in [5.74, 6) is 0. The van der Waals surface area contributed by atoms with Crippen LogP contribution in [0.25, 0.3) is 0 Å². The summed E-state index contributed by atoms with van der Waals surface area (Å²) < 4.78 is 26.5. The lowest BCUT2D eigenvalue weighted by Crippen LogP contribution is -2.34. The molecule has 0 saturated heterocycles. The molecule has 0 spiro atoms. The number of hydrogen-bond acceptors (Lipinski definition) is 4. The Balaban J connectivity index is 3.00. The highest BCUT2D eigenvalue weighted by molar-refractivity contribution is 7.89. The molecule has 5 nitrogen and oxygen atoms in total. The number of hydrogen-bond donors (Lipinski definition) is 1. The van der Waals surface area contributed by atoms with Crippen LogP contribution in [0.4, 0.5) is 0 Å². The first kappa shape index (κ1) is 14.2. The molecule has 94 valence electrons. The highest BCUT2D eigenvalue weighted by Crippen LogP contribution is 2.12. The summed E-state index contributed by atoms with van der Waals surface area (Å²) in [6, 6.07) is 9.18. The van der Waals surface area contributed by atoms with Crippen LogP contribution in [0, 0.1) is 22.7 Å². The van der Waals surface area contributed by atoms with Gasteiger partial charge in [-0.25, -0.2) is 13.1 Å². The standard InChI is InChI=1S/C12H13N3O2S/c1-2-11(6-7-13)15-18(16,17)12-5-3-4-10(8-12)9-14/h3-5,8,11,15H,2,6H2,1H3. The molecule has 6 heteroatoms. The summed E-state index contributed by atoms with van der Waals surface area (Å²) in [6.07, 6.45) is 0.651. The van der Waals surface area contributed by atoms with Crippen molar-refractivity contribution < 1.29 is 8.42 Å². The number of rotatable bonds is 5. The molecule has 1 unspecified atom stereocenters. The molecule has 0 aliphatic heterocycles. The van der Waals surface area contributed by atoms with E-state index in [0.717, 1.165) is 0 Å². The Bertz CT molecular complexity index is 596. The molecule has 1 aromatic rings. The first-order chi connectivity index (χ1) is 8.53. The summed E-state index contributed by atoms with van der Waals surface area (Å²) in [5, 5.41) is 17.3. The minimum Gasteiger partial charge on any atom is -0.207 e. The third-order valence-corrected chi connectivity index (χ3v) is 3.94. The normalized spacial score (nSPS) is 12.4. The number of nitrogens with zero attached hydrogens (tertiary/aromatic N) is 2. The van der Waals surface area contributed by atoms with Crippen LogP contribution in [0.15, 0.2) is 29.2 Å². The molecule has 18 heavy (non-hydrogen) atoms. The molecule has 0 aliphatic rings. The number of nitriles is 2. The van der Waals surface area contributed by atoms with E-state index in [-0.39, 0.29) is 16.9 Å². The van der Waals surface area contributed by atoms with E-state index in [2.05, 4.69) is 4.72 Å². The number of nitrogens with one attached hydrogen (secondary N) is 1. The van der Waals surface area contributed by atoms with Gasteiger partial charge < -0.3 is 0 Å². The lowest BCUT2D eigenvalue weighted by molar-refractivity contribution is 0.543. The van der Waals surface area contributed by atoms with Crippen molar-refractivity contribution in [2.24, 2.45) is 0 Å². The zero-order chi connectivity index (χ0) is 13.6. The van der Waals surface area contributed by atoms with E-state index in [4.69, 9.17) is 10.5 Å². The lowest BCUT2D eigenvalue weighted by Gasteiger charge is -2.13. The van der Waals surface area contributed by atoms with Crippen molar-refractivity contribution in [3.63, 3.8) is 0 Å². The van der Waals surface area contributed by atoms with Gasteiger partial charge in [-0.2, -0.15) is 10.5 Å². The average Bonchev–Trinajstić information content (AvgIpc) is 2.38. The molecular weight excluding hydrogens is 250 g/mol. The van der Waals surface area contributed by atoms with Crippen LogP contribution in [0.1, 0.15) is 25.3 Å². The van der Waals surface area contributed by atoms with Gasteiger partial charge in [0, 0.05) is 6.04 Å². The molecule has 1 aromatic carbocycles. The maximum Gasteiger partial charge on any atom is 0.240 e. The van der Waals surface area contributed by atoms with E-state index < -0.39 is 16.1 Å². The van der Waals surface area contributed by atoms with Crippen LogP contribution in [0.2, 0.25) is 0 Å². The van der Waals surface area contributed by atoms with Crippen LogP contribution >= 0.6 is 0 Å². The Hall–Kier alpha value is -1.89. The Morgan fingerprint density at radius 1 is 1.39 bits per heavy atom. The van der Waals surface area contributed by atoms with Crippen molar-refractivity contribution in [1.82, 2.24) is 4.72 Å². The Kier molecular flexibility index (Phi) is 4.85. The van der Waals surface area contributed by atoms with Crippen LogP contribution < -0.4 is 4.72 Å². The molecule has 0 aliphatic carbocycles. The molecule has 0 radical (unpaired) electrons. The van der Waals surface area contributed by atoms with Gasteiger partial charge in [-0.15, -0.1) is 0 Å². The van der Waals surface area contributed by atoms with Gasteiger partial charge in [-0.1, -0.05) is 13.0 Å². The van der Waals surface area contributed by atoms with Gasteiger partial charge >= 0.3 is 0 Å². The van der Waals surface area contributed by atoms with Gasteiger partial charge in [0.15, 0.2) is 0 Å². The van der Waals surface area contributed by atoms with Gasteiger partial charge in [-0.3, -0.25) is 0 Å². The minimum atomic E-state index is -3.68. The van der Waals surface area contributed by atoms with Gasteiger partial charge in [0.25, 0.3) is 0 Å². The molecule has 0 aromatic heterocycles. The fourth-order valence-corrected chi connectivity index (χ4v) is 2.76. The van der Waals surface area contributed by atoms with E-state index in [1.807, 2.05) is 12.1 Å². The first-order valence-electron chi connectivity index (χ1n) is 5.43. The van der Waals surface area contributed by atoms with Crippen molar-refractivity contribution in [2.45, 2.75) is 30.7 Å². The summed E-state index contributed by atoms with van der Waals surface area (Å²) in [7, 11) is -3.68. The van der Waals surface area contributed by atoms with Crippen molar-refractivity contribution in [1.29, 1.82) is 10.5 Å². The van der Waals surface area contributed by atoms with E-state index in [1.54, 1.807) is 6.92 Å². The SMILES string of the molecule is CCC(CC#N)NS(=O)(=O)c1cccc(C#N)c1. The Morgan fingerprint density at radius 3 is 2.67 bits per heavy atom. The molecule has 0 fully saturated rings. The second kappa shape index (κ2) is 6.15. The molecule has 0 saturated carbocycles. The molecule has 1 N–H and O–H groups in total. The summed E-state index contributed by atoms with van der Waals surface area (Å²) in [5.41, 5.74) is 0.284. The van der Waals surface area contributed by atoms with Crippen molar-refractivity contribution in [3.05, 3.63) is 29.8 Å². The minimum absolute atomic E-state index is 0.0398. The van der Waals surface area contributed by atoms with Crippen molar-refractivity contribution >= 4 is 10.0 Å². The first-order valence-corrected chi connectivity index (χ1v) is 6.91. The third kappa shape index (κ3) is 3.56. The number of benzene rings is 1. The average molecular weight is 263 g/mol. The maximum absolute atomic E-state index is 12.0. The highest BCUT2D eigenvalue weighted by atomic mass is 32.2. The molecule has 0 heterocycles. The fourth-order valence-electron chi connectivity index (χ4n) is 1.40. The summed E-state index contributed by atoms with van der Waals surface area (Å²) in [4.78, 5) is 0.0398. The molecule has 0 bridgehead atoms. The molecule has 1 rings (SSSR count).